The van der Waals surface area contributed by atoms with E-state index in [2.05, 4.69) is 0 Å². The Morgan fingerprint density at radius 2 is 1.67 bits per heavy atom. The molecule has 39 heavy (non-hydrogen) atoms. The second-order valence-electron chi connectivity index (χ2n) is 14.4. The summed E-state index contributed by atoms with van der Waals surface area (Å²) in [6.45, 7) is 9.33. The van der Waals surface area contributed by atoms with Gasteiger partial charge in [0, 0.05) is 35.5 Å². The van der Waals surface area contributed by atoms with Crippen LogP contribution in [-0.2, 0) is 42.9 Å². The third kappa shape index (κ3) is 2.56. The Balaban J connectivity index is 1.32. The van der Waals surface area contributed by atoms with Crippen molar-refractivity contribution in [1.82, 2.24) is 0 Å². The first kappa shape index (κ1) is 24.9. The van der Waals surface area contributed by atoms with Gasteiger partial charge < -0.3 is 28.8 Å². The smallest absolute Gasteiger partial charge is 0.311 e. The van der Waals surface area contributed by atoms with Crippen molar-refractivity contribution in [3.05, 3.63) is 0 Å². The van der Waals surface area contributed by atoms with Gasteiger partial charge >= 0.3 is 11.9 Å². The zero-order chi connectivity index (χ0) is 27.7. The van der Waals surface area contributed by atoms with Gasteiger partial charge in [-0.1, -0.05) is 13.8 Å². The van der Waals surface area contributed by atoms with E-state index in [4.69, 9.17) is 23.7 Å². The van der Waals surface area contributed by atoms with E-state index < -0.39 is 88.0 Å². The first-order valence-electron chi connectivity index (χ1n) is 14.5. The second-order valence-corrected chi connectivity index (χ2v) is 14.4. The molecule has 14 atom stereocenters. The maximum absolute atomic E-state index is 14.8. The van der Waals surface area contributed by atoms with Crippen molar-refractivity contribution in [2.45, 2.75) is 114 Å². The lowest BCUT2D eigenvalue weighted by molar-refractivity contribution is -0.331. The SMILES string of the molecule is C[C@H]1C(=O)O[C@@H]2[C@H]1O[C@@]13O[C@]4(CC[C@@]5(C)C(=O)[C@H](C)[C@@H]2[C@@H]15)C[C@@]12OC(=O)C[C@@H]1OC(C)(C)[C@H]2C[C@@H](O)[C@@H]4C3=O. The lowest BCUT2D eigenvalue weighted by Gasteiger charge is -2.50. The average molecular weight is 545 g/mol. The molecule has 6 aliphatic heterocycles. The van der Waals surface area contributed by atoms with Crippen LogP contribution in [0.3, 0.4) is 0 Å². The molecule has 8 fully saturated rings. The third-order valence-electron chi connectivity index (χ3n) is 12.3. The van der Waals surface area contributed by atoms with Crippen molar-refractivity contribution in [2.24, 2.45) is 40.9 Å². The molecule has 8 aliphatic rings. The van der Waals surface area contributed by atoms with Crippen molar-refractivity contribution < 1.29 is 48.0 Å². The van der Waals surface area contributed by atoms with Crippen LogP contribution in [0.4, 0.5) is 0 Å². The number of hydrogen-bond donors (Lipinski definition) is 1. The van der Waals surface area contributed by atoms with E-state index in [1.165, 1.54) is 0 Å². The van der Waals surface area contributed by atoms with Gasteiger partial charge in [-0.05, 0) is 40.0 Å². The first-order chi connectivity index (χ1) is 18.2. The molecule has 0 amide bonds. The zero-order valence-corrected chi connectivity index (χ0v) is 22.9. The van der Waals surface area contributed by atoms with Crippen LogP contribution in [0.1, 0.15) is 66.7 Å². The van der Waals surface area contributed by atoms with Gasteiger partial charge in [0.15, 0.2) is 0 Å². The number of Topliss-reactive ketones (excluding diaryl/α,β-unsaturated/α-hetero) is 2. The standard InChI is InChI=1S/C29H36O10/c1-11-17-20-19(12(2)24(34)35-20)38-29-21(17)26(5,22(11)32)6-7-27(39-29)10-28-14(8-13(30)18(27)23(29)33)25(3,4)36-15(28)9-16(31)37-28/h11-15,17-21,30H,6-10H2,1-5H3/t11-,12-,13-,14-,15+,17+,18-,19+,20+,21-,26-,27-,28+,29-/m1/s1. The molecule has 10 heteroatoms. The fourth-order valence-electron chi connectivity index (χ4n) is 10.8. The number of ether oxygens (including phenoxy) is 5. The molecule has 6 saturated heterocycles. The Bertz CT molecular complexity index is 1240. The minimum Gasteiger partial charge on any atom is -0.459 e. The van der Waals surface area contributed by atoms with Crippen LogP contribution in [0.2, 0.25) is 0 Å². The summed E-state index contributed by atoms with van der Waals surface area (Å²) in [6, 6.07) is 0. The van der Waals surface area contributed by atoms with Crippen LogP contribution in [-0.4, -0.2) is 75.6 Å². The number of carbonyl (C=O) groups is 4. The maximum atomic E-state index is 14.8. The topological polar surface area (TPSA) is 135 Å². The number of aliphatic hydroxyl groups excluding tert-OH is 1. The molecule has 10 nitrogen and oxygen atoms in total. The summed E-state index contributed by atoms with van der Waals surface area (Å²) in [5.74, 6) is -6.35. The molecular weight excluding hydrogens is 508 g/mol. The van der Waals surface area contributed by atoms with Crippen LogP contribution in [0.5, 0.6) is 0 Å². The number of carbonyl (C=O) groups excluding carboxylic acids is 4. The van der Waals surface area contributed by atoms with Crippen molar-refractivity contribution in [1.29, 1.82) is 0 Å². The predicted octanol–water partition coefficient (Wildman–Crippen LogP) is 1.48. The van der Waals surface area contributed by atoms with E-state index in [9.17, 15) is 24.3 Å². The molecule has 212 valence electrons. The lowest BCUT2D eigenvalue weighted by Crippen LogP contribution is -2.64. The minimum absolute atomic E-state index is 0.0225. The fourth-order valence-corrected chi connectivity index (χ4v) is 10.8. The van der Waals surface area contributed by atoms with E-state index in [1.54, 1.807) is 6.92 Å². The fraction of sp³-hybridized carbons (Fsp3) is 0.862. The molecule has 0 aromatic rings. The van der Waals surface area contributed by atoms with Crippen LogP contribution in [0.15, 0.2) is 0 Å². The molecule has 3 spiro atoms. The van der Waals surface area contributed by atoms with Crippen molar-refractivity contribution in [3.63, 3.8) is 0 Å². The van der Waals surface area contributed by atoms with E-state index in [-0.39, 0.29) is 42.7 Å². The molecule has 2 saturated carbocycles. The van der Waals surface area contributed by atoms with Gasteiger partial charge in [0.1, 0.15) is 29.7 Å². The van der Waals surface area contributed by atoms with Crippen molar-refractivity contribution in [3.8, 4) is 0 Å². The van der Waals surface area contributed by atoms with Crippen LogP contribution >= 0.6 is 0 Å². The van der Waals surface area contributed by atoms with E-state index in [1.807, 2.05) is 27.7 Å². The quantitative estimate of drug-likeness (QED) is 0.447. The largest absolute Gasteiger partial charge is 0.459 e. The normalized spacial score (nSPS) is 59.9. The molecule has 0 unspecified atom stereocenters. The second kappa shape index (κ2) is 6.94. The Hall–Kier alpha value is -1.88. The van der Waals surface area contributed by atoms with Crippen molar-refractivity contribution >= 4 is 23.5 Å². The monoisotopic (exact) mass is 544 g/mol. The highest BCUT2D eigenvalue weighted by Crippen LogP contribution is 2.71. The first-order valence-corrected chi connectivity index (χ1v) is 14.5. The van der Waals surface area contributed by atoms with Gasteiger partial charge in [0.25, 0.3) is 0 Å². The molecule has 0 radical (unpaired) electrons. The summed E-state index contributed by atoms with van der Waals surface area (Å²) in [5, 5.41) is 11.8. The predicted molar refractivity (Wildman–Crippen MR) is 129 cm³/mol. The Labute approximate surface area is 226 Å². The minimum atomic E-state index is -1.80. The van der Waals surface area contributed by atoms with Gasteiger partial charge in [-0.15, -0.1) is 0 Å². The number of fused-ring (bicyclic) bond motifs is 2. The molecular formula is C29H36O10. The van der Waals surface area contributed by atoms with Gasteiger partial charge in [-0.3, -0.25) is 19.2 Å². The zero-order valence-electron chi connectivity index (χ0n) is 22.9. The Morgan fingerprint density at radius 1 is 0.923 bits per heavy atom. The molecule has 6 heterocycles. The van der Waals surface area contributed by atoms with E-state index >= 15 is 0 Å². The summed E-state index contributed by atoms with van der Waals surface area (Å²) in [5.41, 5.74) is -3.91. The summed E-state index contributed by atoms with van der Waals surface area (Å²) < 4.78 is 32.0. The number of ketones is 2. The van der Waals surface area contributed by atoms with Gasteiger partial charge in [-0.2, -0.15) is 0 Å². The van der Waals surface area contributed by atoms with E-state index in [0.717, 1.165) is 0 Å². The number of esters is 2. The highest BCUT2D eigenvalue weighted by Gasteiger charge is 2.83. The highest BCUT2D eigenvalue weighted by atomic mass is 16.7. The van der Waals surface area contributed by atoms with Crippen LogP contribution < -0.4 is 0 Å². The molecule has 8 rings (SSSR count). The maximum Gasteiger partial charge on any atom is 0.311 e. The van der Waals surface area contributed by atoms with Gasteiger partial charge in [0.05, 0.1) is 35.6 Å². The van der Waals surface area contributed by atoms with Gasteiger partial charge in [-0.25, -0.2) is 0 Å². The van der Waals surface area contributed by atoms with Crippen molar-refractivity contribution in [2.75, 3.05) is 0 Å². The Kier molecular flexibility index (Phi) is 4.43. The average Bonchev–Trinajstić information content (AvgIpc) is 3.45. The molecule has 2 bridgehead atoms. The third-order valence-corrected chi connectivity index (χ3v) is 12.3. The summed E-state index contributed by atoms with van der Waals surface area (Å²) >= 11 is 0. The summed E-state index contributed by atoms with van der Waals surface area (Å²) in [7, 11) is 0. The number of hydrogen-bond acceptors (Lipinski definition) is 10. The molecule has 0 aromatic carbocycles. The molecule has 0 aromatic heterocycles. The highest BCUT2D eigenvalue weighted by molar-refractivity contribution is 5.97. The van der Waals surface area contributed by atoms with Crippen LogP contribution in [0.25, 0.3) is 0 Å². The molecule has 2 aliphatic carbocycles. The Morgan fingerprint density at radius 3 is 2.41 bits per heavy atom. The molecule has 1 N–H and O–H groups in total. The lowest BCUT2D eigenvalue weighted by atomic mass is 9.60. The summed E-state index contributed by atoms with van der Waals surface area (Å²) in [4.78, 5) is 54.1. The van der Waals surface area contributed by atoms with Crippen LogP contribution in [0, 0.1) is 40.9 Å². The van der Waals surface area contributed by atoms with E-state index in [0.29, 0.717) is 12.8 Å². The number of aliphatic hydroxyl groups is 1. The number of rotatable bonds is 0. The van der Waals surface area contributed by atoms with Gasteiger partial charge in [0.2, 0.25) is 11.6 Å². The summed E-state index contributed by atoms with van der Waals surface area (Å²) in [6.07, 6.45) is -1.75.